The summed E-state index contributed by atoms with van der Waals surface area (Å²) in [4.78, 5) is 1.48. The Balaban J connectivity index is 2.63. The molecule has 0 saturated carbocycles. The Bertz CT molecular complexity index is 255. The molecule has 46 valence electrons. The molecule has 0 unspecified atom stereocenters. The molecule has 0 saturated heterocycles. The molecular formula is C7H5IS. The standard InChI is InChI=1S/C7H5IS/c1-2-4-7-6(3-1)8-5-9-7/h1-5H. The van der Waals surface area contributed by atoms with Crippen LogP contribution in [0, 0.1) is 3.57 Å². The average molecular weight is 248 g/mol. The number of benzene rings is 1. The summed E-state index contributed by atoms with van der Waals surface area (Å²) in [5, 5.41) is 0. The van der Waals surface area contributed by atoms with Gasteiger partial charge in [0.25, 0.3) is 0 Å². The van der Waals surface area contributed by atoms with Crippen molar-refractivity contribution in [3.05, 3.63) is 27.8 Å². The van der Waals surface area contributed by atoms with E-state index in [1.165, 1.54) is 4.90 Å². The Morgan fingerprint density at radius 2 is 2.11 bits per heavy atom. The average Bonchev–Trinajstić information content (AvgIpc) is 2.33. The van der Waals surface area contributed by atoms with Crippen LogP contribution >= 0.6 is 32.5 Å². The van der Waals surface area contributed by atoms with Gasteiger partial charge in [-0.2, -0.15) is 0 Å². The fraction of sp³-hybridized carbons (Fsp3) is 0. The highest BCUT2D eigenvalue weighted by atomic mass is 127. The summed E-state index contributed by atoms with van der Waals surface area (Å²) >= 11 is 2.15. The highest BCUT2D eigenvalue weighted by molar-refractivity contribution is 14.2. The first kappa shape index (κ1) is 5.92. The summed E-state index contributed by atoms with van der Waals surface area (Å²) in [6.07, 6.45) is 0. The SMILES string of the molecule is C1=Ic2ccccc2S1. The molecule has 0 N–H and O–H groups in total. The number of fused-ring (bicyclic) bond motifs is 1. The fourth-order valence-corrected chi connectivity index (χ4v) is 4.93. The lowest BCUT2D eigenvalue weighted by atomic mass is 10.4. The molecule has 0 nitrogen and oxygen atoms in total. The minimum Gasteiger partial charge on any atom is -0.0907 e. The zero-order valence-electron chi connectivity index (χ0n) is 4.67. The van der Waals surface area contributed by atoms with Gasteiger partial charge in [-0.3, -0.25) is 0 Å². The highest BCUT2D eigenvalue weighted by Crippen LogP contribution is 2.33. The van der Waals surface area contributed by atoms with Crippen molar-refractivity contribution in [1.29, 1.82) is 0 Å². The number of hydrogen-bond donors (Lipinski definition) is 0. The Morgan fingerprint density at radius 1 is 1.22 bits per heavy atom. The summed E-state index contributed by atoms with van der Waals surface area (Å²) < 4.78 is 3.94. The van der Waals surface area contributed by atoms with Crippen molar-refractivity contribution in [2.24, 2.45) is 0 Å². The van der Waals surface area contributed by atoms with Crippen LogP contribution < -0.4 is 0 Å². The lowest BCUT2D eigenvalue weighted by Gasteiger charge is -1.91. The second-order valence-corrected chi connectivity index (χ2v) is 5.91. The van der Waals surface area contributed by atoms with Crippen LogP contribution in [0.5, 0.6) is 0 Å². The van der Waals surface area contributed by atoms with E-state index < -0.39 is 0 Å². The van der Waals surface area contributed by atoms with Gasteiger partial charge in [0.1, 0.15) is 0 Å². The van der Waals surface area contributed by atoms with Crippen LogP contribution in [0.1, 0.15) is 0 Å². The monoisotopic (exact) mass is 248 g/mol. The molecular weight excluding hydrogens is 243 g/mol. The molecule has 1 heterocycles. The summed E-state index contributed by atoms with van der Waals surface area (Å²) in [6.45, 7) is 0. The van der Waals surface area contributed by atoms with Crippen molar-refractivity contribution in [3.8, 4) is 0 Å². The van der Waals surface area contributed by atoms with Crippen LogP contribution in [-0.2, 0) is 0 Å². The lowest BCUT2D eigenvalue weighted by molar-refractivity contribution is 1.42. The Kier molecular flexibility index (Phi) is 1.59. The molecule has 1 aliphatic heterocycles. The maximum Gasteiger partial charge on any atom is 0.0250 e. The van der Waals surface area contributed by atoms with Crippen LogP contribution in [0.4, 0.5) is 0 Å². The van der Waals surface area contributed by atoms with E-state index in [0.717, 1.165) is 0 Å². The van der Waals surface area contributed by atoms with Crippen molar-refractivity contribution in [1.82, 2.24) is 0 Å². The minimum absolute atomic E-state index is 0.260. The van der Waals surface area contributed by atoms with Crippen molar-refractivity contribution in [2.45, 2.75) is 4.90 Å². The molecule has 0 atom stereocenters. The van der Waals surface area contributed by atoms with Crippen molar-refractivity contribution >= 4 is 35.8 Å². The largest absolute Gasteiger partial charge is 0.0907 e. The van der Waals surface area contributed by atoms with Gasteiger partial charge in [0, 0.05) is 11.8 Å². The normalized spacial score (nSPS) is 14.7. The molecule has 1 aromatic rings. The van der Waals surface area contributed by atoms with E-state index in [1.54, 1.807) is 3.57 Å². The van der Waals surface area contributed by atoms with E-state index in [0.29, 0.717) is 0 Å². The number of rotatable bonds is 0. The van der Waals surface area contributed by atoms with Crippen molar-refractivity contribution in [2.75, 3.05) is 0 Å². The molecule has 2 rings (SSSR count). The molecule has 9 heavy (non-hydrogen) atoms. The molecule has 0 radical (unpaired) electrons. The maximum absolute atomic E-state index is 2.35. The Hall–Kier alpha value is 0.170. The maximum atomic E-state index is 2.35. The van der Waals surface area contributed by atoms with Gasteiger partial charge in [-0.05, 0) is 12.1 Å². The van der Waals surface area contributed by atoms with E-state index in [9.17, 15) is 0 Å². The first-order chi connectivity index (χ1) is 4.47. The van der Waals surface area contributed by atoms with Crippen LogP contribution in [-0.4, -0.2) is 3.34 Å². The van der Waals surface area contributed by atoms with Gasteiger partial charge in [0.15, 0.2) is 0 Å². The summed E-state index contributed by atoms with van der Waals surface area (Å²) in [7, 11) is 0. The molecule has 0 amide bonds. The molecule has 0 fully saturated rings. The van der Waals surface area contributed by atoms with Crippen LogP contribution in [0.3, 0.4) is 0 Å². The molecule has 0 bridgehead atoms. The van der Waals surface area contributed by atoms with E-state index >= 15 is 0 Å². The van der Waals surface area contributed by atoms with Gasteiger partial charge in [-0.15, -0.1) is 0 Å². The second kappa shape index (κ2) is 2.42. The third kappa shape index (κ3) is 1.05. The van der Waals surface area contributed by atoms with Crippen LogP contribution in [0.25, 0.3) is 0 Å². The van der Waals surface area contributed by atoms with E-state index in [4.69, 9.17) is 0 Å². The molecule has 1 aromatic carbocycles. The third-order valence-electron chi connectivity index (χ3n) is 1.17. The molecule has 0 spiro atoms. The van der Waals surface area contributed by atoms with Gasteiger partial charge in [0.2, 0.25) is 0 Å². The van der Waals surface area contributed by atoms with Gasteiger partial charge < -0.3 is 0 Å². The van der Waals surface area contributed by atoms with Crippen LogP contribution in [0.2, 0.25) is 0 Å². The fourth-order valence-electron chi connectivity index (χ4n) is 0.749. The second-order valence-electron chi connectivity index (χ2n) is 1.75. The van der Waals surface area contributed by atoms with Crippen LogP contribution in [0.15, 0.2) is 29.2 Å². The first-order valence-corrected chi connectivity index (χ1v) is 5.88. The first-order valence-electron chi connectivity index (χ1n) is 2.67. The molecule has 0 aromatic heterocycles. The Labute approximate surface area is 68.4 Å². The van der Waals surface area contributed by atoms with Crippen molar-refractivity contribution in [3.63, 3.8) is 0 Å². The topological polar surface area (TPSA) is 0 Å². The number of halogens is 1. The van der Waals surface area contributed by atoms with Gasteiger partial charge in [0.05, 0.1) is 0 Å². The summed E-state index contributed by atoms with van der Waals surface area (Å²) in [5.74, 6) is 0. The zero-order chi connectivity index (χ0) is 6.10. The molecule has 0 aliphatic carbocycles. The van der Waals surface area contributed by atoms with Gasteiger partial charge >= 0.3 is 0 Å². The van der Waals surface area contributed by atoms with Crippen molar-refractivity contribution < 1.29 is 0 Å². The number of hydrogen-bond acceptors (Lipinski definition) is 1. The predicted molar refractivity (Wildman–Crippen MR) is 51.1 cm³/mol. The smallest absolute Gasteiger partial charge is 0.0250 e. The number of thioether (sulfide) groups is 1. The van der Waals surface area contributed by atoms with E-state index in [-0.39, 0.29) is 20.7 Å². The molecule has 1 aliphatic rings. The van der Waals surface area contributed by atoms with E-state index in [2.05, 4.69) is 27.6 Å². The lowest BCUT2D eigenvalue weighted by Crippen LogP contribution is -1.69. The summed E-state index contributed by atoms with van der Waals surface area (Å²) in [5.41, 5.74) is 0. The predicted octanol–water partition coefficient (Wildman–Crippen LogP) is 2.69. The van der Waals surface area contributed by atoms with E-state index in [1.807, 2.05) is 11.8 Å². The summed E-state index contributed by atoms with van der Waals surface area (Å²) in [6, 6.07) is 8.66. The zero-order valence-corrected chi connectivity index (χ0v) is 7.65. The molecule has 2 heteroatoms. The Morgan fingerprint density at radius 3 is 3.00 bits per heavy atom. The highest BCUT2D eigenvalue weighted by Gasteiger charge is 2.02. The quantitative estimate of drug-likeness (QED) is 0.636. The third-order valence-corrected chi connectivity index (χ3v) is 5.46. The van der Waals surface area contributed by atoms with Gasteiger partial charge in [-0.25, -0.2) is 0 Å². The van der Waals surface area contributed by atoms with Gasteiger partial charge in [-0.1, -0.05) is 44.6 Å². The minimum atomic E-state index is 0.260.